The number of benzene rings is 3. The van der Waals surface area contributed by atoms with E-state index in [9.17, 15) is 23.1 Å². The number of anilines is 3. The summed E-state index contributed by atoms with van der Waals surface area (Å²) in [5.41, 5.74) is 8.21. The molecule has 0 aliphatic carbocycles. The van der Waals surface area contributed by atoms with Gasteiger partial charge in [0.25, 0.3) is 0 Å². The van der Waals surface area contributed by atoms with Gasteiger partial charge in [-0.2, -0.15) is 0 Å². The van der Waals surface area contributed by atoms with E-state index in [1.807, 2.05) is 13.0 Å². The van der Waals surface area contributed by atoms with Crippen molar-refractivity contribution < 1.29 is 27.5 Å². The topological polar surface area (TPSA) is 146 Å². The van der Waals surface area contributed by atoms with Crippen LogP contribution in [0, 0.1) is 5.82 Å². The molecule has 0 unspecified atom stereocenters. The predicted molar refractivity (Wildman–Crippen MR) is 177 cm³/mol. The van der Waals surface area contributed by atoms with Crippen molar-refractivity contribution in [3.05, 3.63) is 89.4 Å². The van der Waals surface area contributed by atoms with E-state index >= 15 is 4.39 Å². The van der Waals surface area contributed by atoms with Crippen LogP contribution in [0.1, 0.15) is 62.4 Å². The number of likely N-dealkylation sites (tertiary alicyclic amines) is 1. The summed E-state index contributed by atoms with van der Waals surface area (Å²) < 4.78 is 42.7. The van der Waals surface area contributed by atoms with Gasteiger partial charge in [-0.25, -0.2) is 22.6 Å². The second-order valence-electron chi connectivity index (χ2n) is 11.8. The molecule has 3 aromatic carbocycles. The maximum atomic E-state index is 15.6. The van der Waals surface area contributed by atoms with Crippen LogP contribution in [0.2, 0.25) is 0 Å². The van der Waals surface area contributed by atoms with E-state index in [0.29, 0.717) is 42.9 Å². The molecule has 12 heteroatoms. The molecule has 4 N–H and O–H groups in total. The number of nitrogens with two attached hydrogens (primary N) is 1. The Balaban J connectivity index is 1.62. The van der Waals surface area contributed by atoms with E-state index in [4.69, 9.17) is 5.73 Å². The van der Waals surface area contributed by atoms with Gasteiger partial charge >= 0.3 is 6.09 Å². The molecule has 0 radical (unpaired) electrons. The number of aryl methyl sites for hydroxylation is 1. The van der Waals surface area contributed by atoms with E-state index in [2.05, 4.69) is 10.3 Å². The fourth-order valence-electron chi connectivity index (χ4n) is 5.91. The van der Waals surface area contributed by atoms with Crippen molar-refractivity contribution in [2.24, 2.45) is 0 Å². The summed E-state index contributed by atoms with van der Waals surface area (Å²) >= 11 is 0. The summed E-state index contributed by atoms with van der Waals surface area (Å²) in [6.45, 7) is 5.39. The molecule has 1 saturated heterocycles. The fourth-order valence-corrected chi connectivity index (χ4v) is 7.20. The minimum atomic E-state index is -3.81. The number of carbonyl (C=O) groups is 2. The summed E-state index contributed by atoms with van der Waals surface area (Å²) in [5, 5.41) is 13.7. The quantitative estimate of drug-likeness (QED) is 0.191. The lowest BCUT2D eigenvalue weighted by Crippen LogP contribution is -2.38. The van der Waals surface area contributed by atoms with Crippen LogP contribution in [0.5, 0.6) is 0 Å². The van der Waals surface area contributed by atoms with Gasteiger partial charge in [-0.1, -0.05) is 19.1 Å². The molecule has 0 spiro atoms. The zero-order chi connectivity index (χ0) is 33.3. The molecule has 1 fully saturated rings. The van der Waals surface area contributed by atoms with Gasteiger partial charge in [0, 0.05) is 42.1 Å². The van der Waals surface area contributed by atoms with Gasteiger partial charge in [-0.15, -0.1) is 0 Å². The molecular weight excluding hydrogens is 609 g/mol. The molecule has 242 valence electrons. The third-order valence-electron chi connectivity index (χ3n) is 8.62. The summed E-state index contributed by atoms with van der Waals surface area (Å²) in [6.07, 6.45) is 2.01. The van der Waals surface area contributed by atoms with Crippen LogP contribution in [-0.4, -0.2) is 54.3 Å². The van der Waals surface area contributed by atoms with Crippen LogP contribution in [0.15, 0.2) is 71.8 Å². The van der Waals surface area contributed by atoms with Gasteiger partial charge in [-0.05, 0) is 98.2 Å². The molecule has 2 amide bonds. The van der Waals surface area contributed by atoms with Crippen LogP contribution in [0.3, 0.4) is 0 Å². The van der Waals surface area contributed by atoms with Crippen LogP contribution in [-0.2, 0) is 21.1 Å². The van der Waals surface area contributed by atoms with Crippen LogP contribution < -0.4 is 16.0 Å². The first-order chi connectivity index (χ1) is 21.8. The van der Waals surface area contributed by atoms with E-state index in [1.54, 1.807) is 55.3 Å². The highest BCUT2D eigenvalue weighted by Crippen LogP contribution is 2.41. The first-order valence-electron chi connectivity index (χ1n) is 15.2. The third-order valence-corrected chi connectivity index (χ3v) is 10.8. The lowest BCUT2D eigenvalue weighted by Gasteiger charge is -2.32. The Morgan fingerprint density at radius 1 is 1.13 bits per heavy atom. The highest BCUT2D eigenvalue weighted by molar-refractivity contribution is 7.92. The fraction of sp³-hybridized carbons (Fsp3) is 0.324. The summed E-state index contributed by atoms with van der Waals surface area (Å²) in [7, 11) is -2.45. The number of carboxylic acid groups (broad SMARTS) is 1. The number of amides is 2. The van der Waals surface area contributed by atoms with Crippen molar-refractivity contribution in [2.45, 2.75) is 62.3 Å². The summed E-state index contributed by atoms with van der Waals surface area (Å²) in [4.78, 5) is 33.2. The average molecular weight is 648 g/mol. The molecule has 4 aromatic rings. The number of pyridine rings is 1. The Hall–Kier alpha value is -4.71. The van der Waals surface area contributed by atoms with Crippen molar-refractivity contribution >= 4 is 49.8 Å². The molecule has 2 atom stereocenters. The second-order valence-corrected chi connectivity index (χ2v) is 14.2. The van der Waals surface area contributed by atoms with Gasteiger partial charge in [0.15, 0.2) is 9.84 Å². The standard InChI is InChI=1S/C34H38FN5O5S/c1-5-21-8-12-28(35)26(17-21)31(38-23-9-11-25-22(18-23)14-15-37-32(25)36)33(41)40-16-6-7-29(40)27-19-24(39(4)34(42)43)10-13-30(27)46(44,45)20(2)3/h8-15,17-20,29,31,38H,5-7,16H2,1-4H3,(H2,36,37)(H,42,43)/t29-,31+/m1/s1. The monoisotopic (exact) mass is 647 g/mol. The molecule has 1 aliphatic heterocycles. The zero-order valence-electron chi connectivity index (χ0n) is 26.2. The highest BCUT2D eigenvalue weighted by atomic mass is 32.2. The Bertz CT molecular complexity index is 1920. The minimum Gasteiger partial charge on any atom is -0.465 e. The van der Waals surface area contributed by atoms with Crippen molar-refractivity contribution in [3.8, 4) is 0 Å². The second kappa shape index (κ2) is 13.0. The Morgan fingerprint density at radius 3 is 2.59 bits per heavy atom. The number of rotatable bonds is 9. The molecule has 0 bridgehead atoms. The number of aromatic nitrogens is 1. The Kier molecular flexibility index (Phi) is 9.20. The maximum absolute atomic E-state index is 15.6. The van der Waals surface area contributed by atoms with Crippen molar-refractivity contribution in [2.75, 3.05) is 29.5 Å². The van der Waals surface area contributed by atoms with Crippen LogP contribution >= 0.6 is 0 Å². The van der Waals surface area contributed by atoms with Gasteiger partial charge in [-0.3, -0.25) is 9.69 Å². The molecule has 2 heterocycles. The van der Waals surface area contributed by atoms with E-state index in [-0.39, 0.29) is 16.1 Å². The molecule has 5 rings (SSSR count). The number of hydrogen-bond acceptors (Lipinski definition) is 7. The SMILES string of the molecule is CCc1ccc(F)c([C@H](Nc2ccc3c(N)nccc3c2)C(=O)N2CCC[C@@H]2c2cc(N(C)C(=O)O)ccc2S(=O)(=O)C(C)C)c1. The van der Waals surface area contributed by atoms with Gasteiger partial charge in [0.1, 0.15) is 17.7 Å². The number of nitrogens with one attached hydrogen (secondary N) is 1. The largest absolute Gasteiger partial charge is 0.465 e. The van der Waals surface area contributed by atoms with Crippen molar-refractivity contribution in [3.63, 3.8) is 0 Å². The molecule has 0 saturated carbocycles. The van der Waals surface area contributed by atoms with E-state index in [0.717, 1.165) is 21.2 Å². The van der Waals surface area contributed by atoms with E-state index < -0.39 is 45.0 Å². The molecule has 10 nitrogen and oxygen atoms in total. The van der Waals surface area contributed by atoms with Gasteiger partial charge in [0.05, 0.1) is 16.2 Å². The lowest BCUT2D eigenvalue weighted by atomic mass is 9.98. The Labute approximate surface area is 268 Å². The zero-order valence-corrected chi connectivity index (χ0v) is 27.0. The summed E-state index contributed by atoms with van der Waals surface area (Å²) in [6, 6.07) is 14.4. The van der Waals surface area contributed by atoms with Crippen molar-refractivity contribution in [1.82, 2.24) is 9.88 Å². The maximum Gasteiger partial charge on any atom is 0.411 e. The smallest absolute Gasteiger partial charge is 0.411 e. The van der Waals surface area contributed by atoms with Crippen molar-refractivity contribution in [1.29, 1.82) is 0 Å². The van der Waals surface area contributed by atoms with Gasteiger partial charge < -0.3 is 21.1 Å². The number of sulfone groups is 1. The van der Waals surface area contributed by atoms with E-state index in [1.165, 1.54) is 31.3 Å². The molecule has 1 aliphatic rings. The average Bonchev–Trinajstić information content (AvgIpc) is 3.53. The predicted octanol–water partition coefficient (Wildman–Crippen LogP) is 6.33. The normalized spacial score (nSPS) is 15.7. The number of carbonyl (C=O) groups excluding carboxylic acids is 1. The summed E-state index contributed by atoms with van der Waals surface area (Å²) in [5.74, 6) is -0.628. The lowest BCUT2D eigenvalue weighted by molar-refractivity contribution is -0.133. The number of halogens is 1. The number of nitrogen functional groups attached to an aromatic ring is 1. The Morgan fingerprint density at radius 2 is 1.89 bits per heavy atom. The highest BCUT2D eigenvalue weighted by Gasteiger charge is 2.39. The third kappa shape index (κ3) is 6.21. The first-order valence-corrected chi connectivity index (χ1v) is 16.7. The van der Waals surface area contributed by atoms with Gasteiger partial charge in [0.2, 0.25) is 5.91 Å². The molecule has 1 aromatic heterocycles. The molecule has 46 heavy (non-hydrogen) atoms. The minimum absolute atomic E-state index is 0.0409. The first kappa shape index (κ1) is 32.7. The number of hydrogen-bond donors (Lipinski definition) is 3. The van der Waals surface area contributed by atoms with Crippen LogP contribution in [0.4, 0.5) is 26.4 Å². The number of nitrogens with zero attached hydrogens (tertiary/aromatic N) is 3. The molecular formula is C34H38FN5O5S. The van der Waals surface area contributed by atoms with Crippen LogP contribution in [0.25, 0.3) is 10.8 Å². The number of fused-ring (bicyclic) bond motifs is 1.